The summed E-state index contributed by atoms with van der Waals surface area (Å²) in [5, 5.41) is 0. The summed E-state index contributed by atoms with van der Waals surface area (Å²) in [7, 11) is 0. The number of aromatic nitrogens is 4. The Morgan fingerprint density at radius 3 is 2.89 bits per heavy atom. The van der Waals surface area contributed by atoms with Crippen LogP contribution in [0.4, 0.5) is 0 Å². The van der Waals surface area contributed by atoms with Crippen LogP contribution in [0, 0.1) is 0 Å². The van der Waals surface area contributed by atoms with Gasteiger partial charge in [0, 0.05) is 18.6 Å². The lowest BCUT2D eigenvalue weighted by atomic mass is 10.1. The first-order valence-electron chi connectivity index (χ1n) is 5.72. The summed E-state index contributed by atoms with van der Waals surface area (Å²) in [6.07, 6.45) is 5.16. The molecule has 0 aromatic carbocycles. The van der Waals surface area contributed by atoms with Crippen molar-refractivity contribution in [2.75, 3.05) is 0 Å². The van der Waals surface area contributed by atoms with E-state index in [1.54, 1.807) is 29.2 Å². The molecule has 0 aliphatic heterocycles. The summed E-state index contributed by atoms with van der Waals surface area (Å²) < 4.78 is 1.65. The van der Waals surface area contributed by atoms with E-state index in [1.807, 2.05) is 25.1 Å². The lowest BCUT2D eigenvalue weighted by Crippen LogP contribution is -2.21. The second kappa shape index (κ2) is 4.10. The highest BCUT2D eigenvalue weighted by molar-refractivity contribution is 5.70. The van der Waals surface area contributed by atoms with E-state index < -0.39 is 0 Å². The smallest absolute Gasteiger partial charge is 0.304 e. The zero-order valence-electron chi connectivity index (χ0n) is 9.87. The van der Waals surface area contributed by atoms with Gasteiger partial charge in [0.25, 0.3) is 0 Å². The number of aromatic amines is 1. The number of hydrogen-bond acceptors (Lipinski definition) is 3. The average Bonchev–Trinajstić information content (AvgIpc) is 2.75. The van der Waals surface area contributed by atoms with Crippen molar-refractivity contribution in [1.82, 2.24) is 19.5 Å². The minimum absolute atomic E-state index is 0.102. The predicted octanol–water partition coefficient (Wildman–Crippen LogP) is 1.73. The number of nitrogens with zero attached hydrogens (tertiary/aromatic N) is 3. The van der Waals surface area contributed by atoms with Gasteiger partial charge in [-0.1, -0.05) is 6.07 Å². The molecular weight excluding hydrogens is 228 g/mol. The highest BCUT2D eigenvalue weighted by Crippen LogP contribution is 2.18. The van der Waals surface area contributed by atoms with E-state index >= 15 is 0 Å². The second-order valence-electron chi connectivity index (χ2n) is 4.14. The van der Waals surface area contributed by atoms with Crippen molar-refractivity contribution >= 4 is 11.2 Å². The van der Waals surface area contributed by atoms with Crippen molar-refractivity contribution < 1.29 is 0 Å². The number of nitrogens with one attached hydrogen (secondary N) is 1. The fraction of sp³-hybridized carbons (Fsp3) is 0.154. The Labute approximate surface area is 103 Å². The molecular formula is C13H12N4O. The molecule has 0 amide bonds. The van der Waals surface area contributed by atoms with Crippen LogP contribution in [0.3, 0.4) is 0 Å². The van der Waals surface area contributed by atoms with Crippen molar-refractivity contribution in [2.45, 2.75) is 13.0 Å². The van der Waals surface area contributed by atoms with Crippen LogP contribution < -0.4 is 5.69 Å². The molecule has 3 aromatic rings. The Balaban J connectivity index is 2.20. The van der Waals surface area contributed by atoms with E-state index in [0.29, 0.717) is 5.65 Å². The molecule has 5 nitrogen and oxygen atoms in total. The Morgan fingerprint density at radius 1 is 1.28 bits per heavy atom. The lowest BCUT2D eigenvalue weighted by Gasteiger charge is -2.12. The topological polar surface area (TPSA) is 63.6 Å². The van der Waals surface area contributed by atoms with Crippen molar-refractivity contribution in [3.05, 3.63) is 58.9 Å². The van der Waals surface area contributed by atoms with Crippen molar-refractivity contribution in [3.63, 3.8) is 0 Å². The SMILES string of the molecule is C[C@H](c1cccnc1)n1c(=O)[nH]c2cccnc21. The van der Waals surface area contributed by atoms with Gasteiger partial charge in [0.15, 0.2) is 5.65 Å². The van der Waals surface area contributed by atoms with Gasteiger partial charge in [0.05, 0.1) is 11.6 Å². The molecule has 3 heterocycles. The van der Waals surface area contributed by atoms with Gasteiger partial charge < -0.3 is 4.98 Å². The van der Waals surface area contributed by atoms with E-state index in [1.165, 1.54) is 0 Å². The first-order chi connectivity index (χ1) is 8.77. The second-order valence-corrected chi connectivity index (χ2v) is 4.14. The third-order valence-corrected chi connectivity index (χ3v) is 3.03. The molecule has 1 atom stereocenters. The van der Waals surface area contributed by atoms with Gasteiger partial charge in [-0.15, -0.1) is 0 Å². The maximum Gasteiger partial charge on any atom is 0.328 e. The van der Waals surface area contributed by atoms with Crippen LogP contribution in [0.1, 0.15) is 18.5 Å². The third kappa shape index (κ3) is 1.60. The molecule has 0 unspecified atom stereocenters. The van der Waals surface area contributed by atoms with Crippen molar-refractivity contribution in [2.24, 2.45) is 0 Å². The van der Waals surface area contributed by atoms with E-state index in [2.05, 4.69) is 15.0 Å². The summed E-state index contributed by atoms with van der Waals surface area (Å²) in [5.41, 5.74) is 2.24. The summed E-state index contributed by atoms with van der Waals surface area (Å²) >= 11 is 0. The zero-order valence-corrected chi connectivity index (χ0v) is 9.87. The molecule has 0 radical (unpaired) electrons. The summed E-state index contributed by atoms with van der Waals surface area (Å²) in [5.74, 6) is 0. The highest BCUT2D eigenvalue weighted by atomic mass is 16.1. The molecule has 18 heavy (non-hydrogen) atoms. The van der Waals surface area contributed by atoms with E-state index in [9.17, 15) is 4.79 Å². The van der Waals surface area contributed by atoms with Crippen molar-refractivity contribution in [3.8, 4) is 0 Å². The van der Waals surface area contributed by atoms with Crippen molar-refractivity contribution in [1.29, 1.82) is 0 Å². The minimum atomic E-state index is -0.153. The highest BCUT2D eigenvalue weighted by Gasteiger charge is 2.15. The fourth-order valence-corrected chi connectivity index (χ4v) is 2.09. The third-order valence-electron chi connectivity index (χ3n) is 3.03. The summed E-state index contributed by atoms with van der Waals surface area (Å²) in [4.78, 5) is 23.1. The maximum atomic E-state index is 12.0. The molecule has 0 fully saturated rings. The number of fused-ring (bicyclic) bond motifs is 1. The molecule has 3 aromatic heterocycles. The summed E-state index contributed by atoms with van der Waals surface area (Å²) in [6, 6.07) is 7.35. The van der Waals surface area contributed by atoms with E-state index in [-0.39, 0.29) is 11.7 Å². The van der Waals surface area contributed by atoms with Crippen LogP contribution in [0.25, 0.3) is 11.2 Å². The molecule has 0 saturated carbocycles. The predicted molar refractivity (Wildman–Crippen MR) is 68.4 cm³/mol. The largest absolute Gasteiger partial charge is 0.328 e. The normalized spacial score (nSPS) is 12.7. The van der Waals surface area contributed by atoms with E-state index in [0.717, 1.165) is 11.1 Å². The fourth-order valence-electron chi connectivity index (χ4n) is 2.09. The average molecular weight is 240 g/mol. The zero-order chi connectivity index (χ0) is 12.5. The summed E-state index contributed by atoms with van der Waals surface area (Å²) in [6.45, 7) is 1.96. The Kier molecular flexibility index (Phi) is 2.44. The number of H-pyrrole nitrogens is 1. The molecule has 0 aliphatic rings. The standard InChI is InChI=1S/C13H12N4O/c1-9(10-4-2-6-14-8-10)17-12-11(16-13(17)18)5-3-7-15-12/h2-9H,1H3,(H,16,18)/t9-/m1/s1. The molecule has 0 saturated heterocycles. The number of imidazole rings is 1. The van der Waals surface area contributed by atoms with Crippen LogP contribution in [-0.2, 0) is 0 Å². The first-order valence-corrected chi connectivity index (χ1v) is 5.72. The van der Waals surface area contributed by atoms with Gasteiger partial charge in [-0.25, -0.2) is 9.78 Å². The molecule has 90 valence electrons. The Morgan fingerprint density at radius 2 is 2.11 bits per heavy atom. The van der Waals surface area contributed by atoms with Gasteiger partial charge in [-0.05, 0) is 30.7 Å². The number of hydrogen-bond donors (Lipinski definition) is 1. The molecule has 1 N–H and O–H groups in total. The van der Waals surface area contributed by atoms with Gasteiger partial charge >= 0.3 is 5.69 Å². The minimum Gasteiger partial charge on any atom is -0.304 e. The number of rotatable bonds is 2. The first kappa shape index (κ1) is 10.7. The van der Waals surface area contributed by atoms with Gasteiger partial charge in [-0.2, -0.15) is 0 Å². The number of pyridine rings is 2. The van der Waals surface area contributed by atoms with Crippen LogP contribution in [0.5, 0.6) is 0 Å². The molecule has 0 bridgehead atoms. The quantitative estimate of drug-likeness (QED) is 0.742. The van der Waals surface area contributed by atoms with Crippen LogP contribution in [0.15, 0.2) is 47.7 Å². The van der Waals surface area contributed by atoms with Gasteiger partial charge in [0.2, 0.25) is 0 Å². The Bertz CT molecular complexity index is 729. The molecule has 0 aliphatic carbocycles. The molecule has 5 heteroatoms. The van der Waals surface area contributed by atoms with Crippen LogP contribution in [-0.4, -0.2) is 19.5 Å². The Hall–Kier alpha value is -2.43. The van der Waals surface area contributed by atoms with E-state index in [4.69, 9.17) is 0 Å². The molecule has 0 spiro atoms. The van der Waals surface area contributed by atoms with Gasteiger partial charge in [-0.3, -0.25) is 9.55 Å². The van der Waals surface area contributed by atoms with Crippen LogP contribution >= 0.6 is 0 Å². The lowest BCUT2D eigenvalue weighted by molar-refractivity contribution is 0.628. The maximum absolute atomic E-state index is 12.0. The van der Waals surface area contributed by atoms with Gasteiger partial charge in [0.1, 0.15) is 0 Å². The monoisotopic (exact) mass is 240 g/mol. The van der Waals surface area contributed by atoms with Crippen LogP contribution in [0.2, 0.25) is 0 Å². The molecule has 3 rings (SSSR count).